The number of fused-ring (bicyclic) bond motifs is 1. The van der Waals surface area contributed by atoms with Gasteiger partial charge in [-0.1, -0.05) is 15.9 Å². The summed E-state index contributed by atoms with van der Waals surface area (Å²) in [5.74, 6) is 0.0506. The van der Waals surface area contributed by atoms with Crippen molar-refractivity contribution in [2.24, 2.45) is 0 Å². The van der Waals surface area contributed by atoms with E-state index in [1.54, 1.807) is 4.90 Å². The Balaban J connectivity index is 2.55. The molecule has 1 heterocycles. The van der Waals surface area contributed by atoms with E-state index in [1.165, 1.54) is 0 Å². The molecule has 4 heteroatoms. The molecule has 1 N–H and O–H groups in total. The van der Waals surface area contributed by atoms with Crippen LogP contribution in [0.25, 0.3) is 0 Å². The van der Waals surface area contributed by atoms with Gasteiger partial charge in [-0.05, 0) is 37.6 Å². The molecule has 1 amide bonds. The van der Waals surface area contributed by atoms with Crippen LogP contribution in [-0.2, 0) is 10.2 Å². The third-order valence-electron chi connectivity index (χ3n) is 3.03. The van der Waals surface area contributed by atoms with Gasteiger partial charge in [-0.25, -0.2) is 0 Å². The summed E-state index contributed by atoms with van der Waals surface area (Å²) in [4.78, 5) is 13.8. The van der Waals surface area contributed by atoms with Crippen LogP contribution in [0.3, 0.4) is 0 Å². The standard InChI is InChI=1S/C12H14BrNO2/c1-12(2)9-7-8(13)3-4-10(9)14(5-6-15)11(12)16/h3-4,7,15H,5-6H2,1-2H3. The number of rotatable bonds is 2. The van der Waals surface area contributed by atoms with Crippen molar-refractivity contribution in [1.29, 1.82) is 0 Å². The number of amides is 1. The highest BCUT2D eigenvalue weighted by Gasteiger charge is 2.43. The van der Waals surface area contributed by atoms with E-state index in [2.05, 4.69) is 15.9 Å². The Bertz CT molecular complexity index is 443. The number of hydrogen-bond donors (Lipinski definition) is 1. The molecule has 0 bridgehead atoms. The minimum absolute atomic E-state index is 0.0165. The van der Waals surface area contributed by atoms with Gasteiger partial charge in [0.2, 0.25) is 5.91 Å². The Morgan fingerprint density at radius 2 is 2.12 bits per heavy atom. The van der Waals surface area contributed by atoms with Crippen molar-refractivity contribution in [2.75, 3.05) is 18.1 Å². The van der Waals surface area contributed by atoms with Gasteiger partial charge in [0.05, 0.1) is 12.0 Å². The van der Waals surface area contributed by atoms with Crippen molar-refractivity contribution < 1.29 is 9.90 Å². The van der Waals surface area contributed by atoms with Gasteiger partial charge in [0.25, 0.3) is 0 Å². The molecule has 0 saturated heterocycles. The van der Waals surface area contributed by atoms with Crippen molar-refractivity contribution >= 4 is 27.5 Å². The summed E-state index contributed by atoms with van der Waals surface area (Å²) in [6.07, 6.45) is 0. The van der Waals surface area contributed by atoms with E-state index in [9.17, 15) is 4.79 Å². The molecule has 0 atom stereocenters. The summed E-state index contributed by atoms with van der Waals surface area (Å²) in [6.45, 7) is 4.17. The maximum atomic E-state index is 12.2. The lowest BCUT2D eigenvalue weighted by Gasteiger charge is -2.19. The highest BCUT2D eigenvalue weighted by atomic mass is 79.9. The average Bonchev–Trinajstić information content (AvgIpc) is 2.41. The van der Waals surface area contributed by atoms with Gasteiger partial charge in [-0.15, -0.1) is 0 Å². The molecular formula is C12H14BrNO2. The molecule has 0 spiro atoms. The smallest absolute Gasteiger partial charge is 0.237 e. The van der Waals surface area contributed by atoms with Crippen LogP contribution in [-0.4, -0.2) is 24.2 Å². The molecule has 3 nitrogen and oxygen atoms in total. The van der Waals surface area contributed by atoms with Gasteiger partial charge in [0, 0.05) is 16.7 Å². The first-order valence-corrected chi connectivity index (χ1v) is 6.00. The van der Waals surface area contributed by atoms with Crippen LogP contribution >= 0.6 is 15.9 Å². The number of anilines is 1. The predicted octanol–water partition coefficient (Wildman–Crippen LogP) is 2.07. The zero-order valence-corrected chi connectivity index (χ0v) is 10.9. The molecule has 16 heavy (non-hydrogen) atoms. The minimum atomic E-state index is -0.506. The molecule has 0 aromatic heterocycles. The Kier molecular flexibility index (Phi) is 2.80. The SMILES string of the molecule is CC1(C)C(=O)N(CCO)c2ccc(Br)cc21. The zero-order valence-electron chi connectivity index (χ0n) is 9.33. The predicted molar refractivity (Wildman–Crippen MR) is 66.6 cm³/mol. The van der Waals surface area contributed by atoms with Gasteiger partial charge in [0.15, 0.2) is 0 Å². The van der Waals surface area contributed by atoms with Crippen LogP contribution in [0.4, 0.5) is 5.69 Å². The summed E-state index contributed by atoms with van der Waals surface area (Å²) < 4.78 is 0.970. The highest BCUT2D eigenvalue weighted by Crippen LogP contribution is 2.42. The highest BCUT2D eigenvalue weighted by molar-refractivity contribution is 9.10. The topological polar surface area (TPSA) is 40.5 Å². The summed E-state index contributed by atoms with van der Waals surface area (Å²) in [7, 11) is 0. The molecule has 1 aromatic rings. The third-order valence-corrected chi connectivity index (χ3v) is 3.52. The molecule has 0 saturated carbocycles. The summed E-state index contributed by atoms with van der Waals surface area (Å²) in [5, 5.41) is 8.99. The Morgan fingerprint density at radius 1 is 1.44 bits per heavy atom. The molecule has 0 unspecified atom stereocenters. The second-order valence-corrected chi connectivity index (χ2v) is 5.38. The molecule has 1 aromatic carbocycles. The van der Waals surface area contributed by atoms with Crippen molar-refractivity contribution in [2.45, 2.75) is 19.3 Å². The quantitative estimate of drug-likeness (QED) is 0.903. The summed E-state index contributed by atoms with van der Waals surface area (Å²) in [5.41, 5.74) is 1.42. The number of aliphatic hydroxyl groups is 1. The van der Waals surface area contributed by atoms with Crippen LogP contribution in [0.5, 0.6) is 0 Å². The Labute approximate surface area is 103 Å². The fraction of sp³-hybridized carbons (Fsp3) is 0.417. The summed E-state index contributed by atoms with van der Waals surface area (Å²) >= 11 is 3.42. The maximum Gasteiger partial charge on any atom is 0.237 e. The number of benzene rings is 1. The lowest BCUT2D eigenvalue weighted by Crippen LogP contribution is -2.37. The second kappa shape index (κ2) is 3.86. The van der Waals surface area contributed by atoms with Crippen LogP contribution in [0.2, 0.25) is 0 Å². The number of carbonyl (C=O) groups is 1. The normalized spacial score (nSPS) is 17.8. The van der Waals surface area contributed by atoms with E-state index in [1.807, 2.05) is 32.0 Å². The number of halogens is 1. The third kappa shape index (κ3) is 1.57. The number of hydrogen-bond acceptors (Lipinski definition) is 2. The molecule has 0 radical (unpaired) electrons. The van der Waals surface area contributed by atoms with Crippen LogP contribution in [0.15, 0.2) is 22.7 Å². The van der Waals surface area contributed by atoms with Gasteiger partial charge in [-0.2, -0.15) is 0 Å². The van der Waals surface area contributed by atoms with Crippen molar-refractivity contribution in [3.8, 4) is 0 Å². The largest absolute Gasteiger partial charge is 0.395 e. The van der Waals surface area contributed by atoms with E-state index in [0.29, 0.717) is 6.54 Å². The lowest BCUT2D eigenvalue weighted by molar-refractivity contribution is -0.122. The van der Waals surface area contributed by atoms with E-state index >= 15 is 0 Å². The molecule has 1 aliphatic heterocycles. The number of aliphatic hydroxyl groups excluding tert-OH is 1. The number of nitrogens with zero attached hydrogens (tertiary/aromatic N) is 1. The monoisotopic (exact) mass is 283 g/mol. The number of β-amino-alcohol motifs (C(OH)–C–C–N with tert-alkyl or cyclic N) is 1. The Morgan fingerprint density at radius 3 is 2.75 bits per heavy atom. The molecule has 2 rings (SSSR count). The average molecular weight is 284 g/mol. The minimum Gasteiger partial charge on any atom is -0.395 e. The van der Waals surface area contributed by atoms with Gasteiger partial charge in [-0.3, -0.25) is 4.79 Å². The first kappa shape index (κ1) is 11.6. The molecule has 0 aliphatic carbocycles. The second-order valence-electron chi connectivity index (χ2n) is 4.47. The zero-order chi connectivity index (χ0) is 11.9. The van der Waals surface area contributed by atoms with Crippen LogP contribution in [0, 0.1) is 0 Å². The van der Waals surface area contributed by atoms with Gasteiger partial charge >= 0.3 is 0 Å². The van der Waals surface area contributed by atoms with Crippen LogP contribution < -0.4 is 4.90 Å². The fourth-order valence-corrected chi connectivity index (χ4v) is 2.49. The first-order chi connectivity index (χ1) is 7.48. The fourth-order valence-electron chi connectivity index (χ4n) is 2.13. The first-order valence-electron chi connectivity index (χ1n) is 5.21. The summed E-state index contributed by atoms with van der Waals surface area (Å²) in [6, 6.07) is 5.81. The van der Waals surface area contributed by atoms with Crippen molar-refractivity contribution in [3.63, 3.8) is 0 Å². The molecule has 86 valence electrons. The van der Waals surface area contributed by atoms with Gasteiger partial charge in [0.1, 0.15) is 0 Å². The van der Waals surface area contributed by atoms with E-state index in [0.717, 1.165) is 15.7 Å². The van der Waals surface area contributed by atoms with E-state index in [-0.39, 0.29) is 12.5 Å². The molecular weight excluding hydrogens is 270 g/mol. The maximum absolute atomic E-state index is 12.2. The van der Waals surface area contributed by atoms with Crippen molar-refractivity contribution in [3.05, 3.63) is 28.2 Å². The Hall–Kier alpha value is -0.870. The van der Waals surface area contributed by atoms with Crippen LogP contribution in [0.1, 0.15) is 19.4 Å². The van der Waals surface area contributed by atoms with E-state index in [4.69, 9.17) is 5.11 Å². The van der Waals surface area contributed by atoms with Gasteiger partial charge < -0.3 is 10.0 Å². The van der Waals surface area contributed by atoms with E-state index < -0.39 is 5.41 Å². The molecule has 0 fully saturated rings. The van der Waals surface area contributed by atoms with Crippen molar-refractivity contribution in [1.82, 2.24) is 0 Å². The lowest BCUT2D eigenvalue weighted by atomic mass is 9.86. The molecule has 1 aliphatic rings. The number of carbonyl (C=O) groups excluding carboxylic acids is 1.